The highest BCUT2D eigenvalue weighted by molar-refractivity contribution is 5.79. The summed E-state index contributed by atoms with van der Waals surface area (Å²) in [5, 5.41) is 0. The summed E-state index contributed by atoms with van der Waals surface area (Å²) in [6.45, 7) is 6.34. The predicted octanol–water partition coefficient (Wildman–Crippen LogP) is 2.68. The van der Waals surface area contributed by atoms with Gasteiger partial charge in [-0.05, 0) is 12.2 Å². The van der Waals surface area contributed by atoms with Crippen LogP contribution in [0.4, 0.5) is 0 Å². The first-order valence-electron chi connectivity index (χ1n) is 10.1. The molecule has 0 amide bonds. The van der Waals surface area contributed by atoms with Gasteiger partial charge in [0.05, 0.1) is 19.7 Å². The lowest BCUT2D eigenvalue weighted by atomic mass is 10.3. The monoisotopic (exact) mass is 397 g/mol. The zero-order chi connectivity index (χ0) is 21.8. The van der Waals surface area contributed by atoms with Crippen LogP contribution in [0.1, 0.15) is 32.4 Å². The highest BCUT2D eigenvalue weighted by atomic mass is 15.4. The van der Waals surface area contributed by atoms with Gasteiger partial charge in [0.15, 0.2) is 42.7 Å². The van der Waals surface area contributed by atoms with E-state index in [1.54, 1.807) is 0 Å². The zero-order valence-corrected chi connectivity index (χ0v) is 19.5. The fourth-order valence-corrected chi connectivity index (χ4v) is 2.43. The van der Waals surface area contributed by atoms with Gasteiger partial charge in [0.1, 0.15) is 27.4 Å². The van der Waals surface area contributed by atoms with Crippen LogP contribution < -0.4 is 9.25 Å². The molecule has 29 heavy (non-hydrogen) atoms. The van der Waals surface area contributed by atoms with Crippen molar-refractivity contribution in [2.24, 2.45) is 21.1 Å². The van der Waals surface area contributed by atoms with Gasteiger partial charge in [-0.1, -0.05) is 6.07 Å². The maximum atomic E-state index is 2.21. The van der Waals surface area contributed by atoms with Crippen LogP contribution in [-0.2, 0) is 21.1 Å². The van der Waals surface area contributed by atoms with Gasteiger partial charge in [0.25, 0.3) is 0 Å². The molecule has 2 aromatic heterocycles. The number of allylic oxidation sites excluding steroid dienone is 3. The second kappa shape index (κ2) is 12.6. The topological polar surface area (TPSA) is 18.7 Å². The molecule has 0 spiro atoms. The number of nitrogens with zero attached hydrogens (tertiary/aromatic N) is 5. The van der Waals surface area contributed by atoms with Crippen molar-refractivity contribution in [1.82, 2.24) is 4.68 Å². The van der Waals surface area contributed by atoms with Crippen LogP contribution in [-0.4, -0.2) is 39.9 Å². The van der Waals surface area contributed by atoms with Crippen LogP contribution in [0.15, 0.2) is 66.9 Å². The Labute approximate surface area is 176 Å². The van der Waals surface area contributed by atoms with Gasteiger partial charge in [-0.15, -0.1) is 4.68 Å². The minimum atomic E-state index is 1.11. The third-order valence-corrected chi connectivity index (χ3v) is 5.11. The Morgan fingerprint density at radius 3 is 1.86 bits per heavy atom. The molecule has 0 N–H and O–H groups in total. The van der Waals surface area contributed by atoms with E-state index in [-0.39, 0.29) is 0 Å². The Hall–Kier alpha value is -2.82. The summed E-state index contributed by atoms with van der Waals surface area (Å²) in [6.07, 6.45) is 16.9. The molecule has 0 bridgehead atoms. The van der Waals surface area contributed by atoms with Crippen molar-refractivity contribution in [1.29, 1.82) is 0 Å². The molecular weight excluding hydrogens is 358 g/mol. The van der Waals surface area contributed by atoms with Crippen LogP contribution in [0.3, 0.4) is 0 Å². The van der Waals surface area contributed by atoms with Crippen molar-refractivity contribution >= 4 is 11.9 Å². The maximum Gasteiger partial charge on any atom is 0.195 e. The van der Waals surface area contributed by atoms with Crippen LogP contribution in [0, 0.1) is 6.92 Å². The van der Waals surface area contributed by atoms with Crippen molar-refractivity contribution < 1.29 is 18.4 Å². The first-order chi connectivity index (χ1) is 13.7. The Kier molecular flexibility index (Phi) is 10.5. The number of rotatable bonds is 0. The summed E-state index contributed by atoms with van der Waals surface area (Å²) in [6, 6.07) is 8.14. The molecule has 5 heteroatoms. The zero-order valence-electron chi connectivity index (χ0n) is 19.5. The fourth-order valence-electron chi connectivity index (χ4n) is 2.43. The standard InChI is InChI=1S/C7H10N.2C6H10N.C5H9N2/c1-7-5-3-4-6-8(7)2;3*1-6-4-3-5-7(6)2/h3-6H,1-2H3;4-5H,3H2,1-2H3;3,5H,4H2,1-2H3;3-5H,1-2H3/q4*+1. The van der Waals surface area contributed by atoms with Crippen molar-refractivity contribution in [3.63, 3.8) is 0 Å². The minimum absolute atomic E-state index is 1.11. The molecule has 0 saturated heterocycles. The second-order valence-electron chi connectivity index (χ2n) is 7.40. The fraction of sp³-hybridized carbons (Fsp3) is 0.417. The summed E-state index contributed by atoms with van der Waals surface area (Å²) in [5.41, 5.74) is 4.08. The quantitative estimate of drug-likeness (QED) is 0.609. The van der Waals surface area contributed by atoms with E-state index in [0.717, 1.165) is 12.8 Å². The average Bonchev–Trinajstić information content (AvgIpc) is 3.37. The van der Waals surface area contributed by atoms with Gasteiger partial charge in [0, 0.05) is 45.4 Å². The van der Waals surface area contributed by atoms with E-state index in [0.29, 0.717) is 0 Å². The lowest BCUT2D eigenvalue weighted by molar-refractivity contribution is -0.751. The van der Waals surface area contributed by atoms with Crippen LogP contribution in [0.25, 0.3) is 0 Å². The van der Waals surface area contributed by atoms with Gasteiger partial charge in [-0.3, -0.25) is 0 Å². The SMILES string of the molecule is CC1=CCC=[N+]1C.CC1=[N+](C)C=CC1.Cc1cccc[n+]1C.Cn1ccc[n+]1C. The van der Waals surface area contributed by atoms with E-state index in [2.05, 4.69) is 79.2 Å². The second-order valence-corrected chi connectivity index (χ2v) is 7.40. The average molecular weight is 398 g/mol. The van der Waals surface area contributed by atoms with Crippen LogP contribution in [0.2, 0.25) is 0 Å². The third-order valence-electron chi connectivity index (χ3n) is 5.11. The molecular formula is C24H39N5+4. The van der Waals surface area contributed by atoms with Crippen LogP contribution in [0.5, 0.6) is 0 Å². The van der Waals surface area contributed by atoms with Gasteiger partial charge in [-0.25, -0.2) is 13.7 Å². The molecule has 2 aliphatic rings. The Morgan fingerprint density at radius 2 is 1.66 bits per heavy atom. The molecule has 0 fully saturated rings. The normalized spacial score (nSPS) is 14.1. The van der Waals surface area contributed by atoms with E-state index in [1.807, 2.05) is 67.3 Å². The van der Waals surface area contributed by atoms with Gasteiger partial charge < -0.3 is 0 Å². The highest BCUT2D eigenvalue weighted by Gasteiger charge is 2.05. The molecule has 0 radical (unpaired) electrons. The maximum absolute atomic E-state index is 2.21. The first-order valence-corrected chi connectivity index (χ1v) is 10.1. The predicted molar refractivity (Wildman–Crippen MR) is 120 cm³/mol. The third kappa shape index (κ3) is 9.28. The van der Waals surface area contributed by atoms with Gasteiger partial charge in [-0.2, -0.15) is 4.68 Å². The van der Waals surface area contributed by atoms with Crippen molar-refractivity contribution in [3.05, 3.63) is 72.6 Å². The number of aromatic nitrogens is 3. The summed E-state index contributed by atoms with van der Waals surface area (Å²) in [5.74, 6) is 0. The van der Waals surface area contributed by atoms with Crippen LogP contribution >= 0.6 is 0 Å². The Bertz CT molecular complexity index is 844. The lowest BCUT2D eigenvalue weighted by Crippen LogP contribution is -2.35. The molecule has 4 heterocycles. The molecule has 4 rings (SSSR count). The molecule has 2 aliphatic heterocycles. The van der Waals surface area contributed by atoms with Crippen molar-refractivity contribution in [2.75, 3.05) is 14.1 Å². The summed E-state index contributed by atoms with van der Waals surface area (Å²) >= 11 is 0. The largest absolute Gasteiger partial charge is 0.209 e. The molecule has 0 aromatic carbocycles. The Morgan fingerprint density at radius 1 is 0.931 bits per heavy atom. The molecule has 2 aromatic rings. The molecule has 156 valence electrons. The first kappa shape index (κ1) is 24.2. The molecule has 0 unspecified atom stereocenters. The van der Waals surface area contributed by atoms with Crippen molar-refractivity contribution in [2.45, 2.75) is 33.6 Å². The van der Waals surface area contributed by atoms with E-state index >= 15 is 0 Å². The Balaban J connectivity index is 0.000000194. The highest BCUT2D eigenvalue weighted by Crippen LogP contribution is 1.99. The molecule has 0 atom stereocenters. The summed E-state index contributed by atoms with van der Waals surface area (Å²) < 4.78 is 10.4. The number of aryl methyl sites for hydroxylation is 4. The summed E-state index contributed by atoms with van der Waals surface area (Å²) in [4.78, 5) is 0. The van der Waals surface area contributed by atoms with E-state index in [9.17, 15) is 0 Å². The van der Waals surface area contributed by atoms with E-state index in [1.165, 1.54) is 17.1 Å². The number of hydrogen-bond acceptors (Lipinski definition) is 0. The van der Waals surface area contributed by atoms with Gasteiger partial charge in [0.2, 0.25) is 0 Å². The molecule has 0 aliphatic carbocycles. The lowest BCUT2D eigenvalue weighted by Gasteiger charge is -1.87. The minimum Gasteiger partial charge on any atom is -0.209 e. The van der Waals surface area contributed by atoms with Crippen molar-refractivity contribution in [3.8, 4) is 0 Å². The number of hydrogen-bond donors (Lipinski definition) is 0. The van der Waals surface area contributed by atoms with Gasteiger partial charge >= 0.3 is 0 Å². The summed E-state index contributed by atoms with van der Waals surface area (Å²) in [7, 11) is 10.2. The van der Waals surface area contributed by atoms with E-state index < -0.39 is 0 Å². The van der Waals surface area contributed by atoms with E-state index in [4.69, 9.17) is 0 Å². The molecule has 5 nitrogen and oxygen atoms in total. The smallest absolute Gasteiger partial charge is 0.195 e. The number of pyridine rings is 1. The molecule has 0 saturated carbocycles.